The molecule has 0 saturated carbocycles. The molecule has 1 unspecified atom stereocenters. The Bertz CT molecular complexity index is 155. The Hall–Kier alpha value is -0.570. The third-order valence-corrected chi connectivity index (χ3v) is 2.14. The van der Waals surface area contributed by atoms with Crippen LogP contribution in [0.15, 0.2) is 0 Å². The van der Waals surface area contributed by atoms with Crippen molar-refractivity contribution in [1.82, 2.24) is 0 Å². The highest BCUT2D eigenvalue weighted by Crippen LogP contribution is 2.08. The van der Waals surface area contributed by atoms with Gasteiger partial charge in [-0.15, -0.1) is 0 Å². The zero-order chi connectivity index (χ0) is 11.0. The van der Waals surface area contributed by atoms with Gasteiger partial charge >= 0.3 is 5.97 Å². The fraction of sp³-hybridized carbons (Fsp3) is 0.909. The van der Waals surface area contributed by atoms with E-state index in [4.69, 9.17) is 9.84 Å². The van der Waals surface area contributed by atoms with Gasteiger partial charge in [-0.2, -0.15) is 0 Å². The predicted molar refractivity (Wildman–Crippen MR) is 56.4 cm³/mol. The molecule has 0 spiro atoms. The van der Waals surface area contributed by atoms with E-state index in [1.165, 1.54) is 12.8 Å². The van der Waals surface area contributed by atoms with Gasteiger partial charge < -0.3 is 9.84 Å². The van der Waals surface area contributed by atoms with Gasteiger partial charge in [0.1, 0.15) is 0 Å². The molecule has 0 aliphatic heterocycles. The summed E-state index contributed by atoms with van der Waals surface area (Å²) in [5.74, 6) is -0.811. The molecule has 0 rings (SSSR count). The van der Waals surface area contributed by atoms with E-state index in [0.29, 0.717) is 6.61 Å². The summed E-state index contributed by atoms with van der Waals surface area (Å²) in [5.41, 5.74) is 0. The molecule has 0 fully saturated rings. The maximum atomic E-state index is 10.7. The van der Waals surface area contributed by atoms with E-state index >= 15 is 0 Å². The molecule has 0 heterocycles. The van der Waals surface area contributed by atoms with E-state index in [0.717, 1.165) is 12.8 Å². The van der Waals surface area contributed by atoms with Gasteiger partial charge in [0.15, 0.2) is 6.10 Å². The molecule has 0 saturated heterocycles. The number of carbonyl (C=O) groups is 1. The largest absolute Gasteiger partial charge is 0.479 e. The summed E-state index contributed by atoms with van der Waals surface area (Å²) in [4.78, 5) is 10.7. The van der Waals surface area contributed by atoms with E-state index in [2.05, 4.69) is 6.92 Å². The minimum atomic E-state index is -0.851. The van der Waals surface area contributed by atoms with Crippen LogP contribution in [0.1, 0.15) is 46.5 Å². The van der Waals surface area contributed by atoms with Crippen LogP contribution in [-0.2, 0) is 9.53 Å². The average molecular weight is 202 g/mol. The molecule has 0 amide bonds. The van der Waals surface area contributed by atoms with E-state index in [-0.39, 0.29) is 5.92 Å². The summed E-state index contributed by atoms with van der Waals surface area (Å²) in [6.07, 6.45) is 3.83. The topological polar surface area (TPSA) is 46.5 Å². The monoisotopic (exact) mass is 202 g/mol. The number of ether oxygens (including phenoxy) is 1. The number of hydrogen-bond donors (Lipinski definition) is 1. The van der Waals surface area contributed by atoms with Crippen LogP contribution in [-0.4, -0.2) is 23.8 Å². The summed E-state index contributed by atoms with van der Waals surface area (Å²) in [5, 5.41) is 8.82. The van der Waals surface area contributed by atoms with Gasteiger partial charge in [0.05, 0.1) is 0 Å². The molecular weight excluding hydrogens is 180 g/mol. The predicted octanol–water partition coefficient (Wildman–Crippen LogP) is 2.69. The molecule has 3 nitrogen and oxygen atoms in total. The van der Waals surface area contributed by atoms with Crippen molar-refractivity contribution in [1.29, 1.82) is 0 Å². The first-order valence-electron chi connectivity index (χ1n) is 5.44. The van der Waals surface area contributed by atoms with Crippen LogP contribution in [0.2, 0.25) is 0 Å². The maximum Gasteiger partial charge on any atom is 0.333 e. The molecule has 0 radical (unpaired) electrons. The molecule has 1 N–H and O–H groups in total. The van der Waals surface area contributed by atoms with E-state index in [9.17, 15) is 4.79 Å². The van der Waals surface area contributed by atoms with Crippen LogP contribution in [0.5, 0.6) is 0 Å². The lowest BCUT2D eigenvalue weighted by molar-refractivity contribution is -0.153. The van der Waals surface area contributed by atoms with Gasteiger partial charge in [0.25, 0.3) is 0 Å². The minimum Gasteiger partial charge on any atom is -0.479 e. The Morgan fingerprint density at radius 2 is 1.93 bits per heavy atom. The molecule has 0 aromatic heterocycles. The van der Waals surface area contributed by atoms with Crippen molar-refractivity contribution in [3.63, 3.8) is 0 Å². The second kappa shape index (κ2) is 7.80. The van der Waals surface area contributed by atoms with Crippen molar-refractivity contribution in [2.45, 2.75) is 52.6 Å². The first-order chi connectivity index (χ1) is 6.59. The van der Waals surface area contributed by atoms with Crippen molar-refractivity contribution in [2.24, 2.45) is 5.92 Å². The van der Waals surface area contributed by atoms with Crippen LogP contribution < -0.4 is 0 Å². The highest BCUT2D eigenvalue weighted by molar-refractivity contribution is 5.72. The molecule has 1 atom stereocenters. The van der Waals surface area contributed by atoms with Crippen molar-refractivity contribution < 1.29 is 14.6 Å². The summed E-state index contributed by atoms with van der Waals surface area (Å²) < 4.78 is 5.31. The van der Waals surface area contributed by atoms with E-state index in [1.807, 2.05) is 13.8 Å². The molecule has 0 aromatic rings. The Balaban J connectivity index is 3.57. The molecule has 0 aromatic carbocycles. The zero-order valence-corrected chi connectivity index (χ0v) is 9.45. The number of unbranched alkanes of at least 4 members (excludes halogenated alkanes) is 3. The summed E-state index contributed by atoms with van der Waals surface area (Å²) in [7, 11) is 0. The van der Waals surface area contributed by atoms with Crippen molar-refractivity contribution in [3.8, 4) is 0 Å². The zero-order valence-electron chi connectivity index (χ0n) is 9.45. The fourth-order valence-electron chi connectivity index (χ4n) is 1.29. The van der Waals surface area contributed by atoms with Crippen LogP contribution in [0.3, 0.4) is 0 Å². The Labute approximate surface area is 86.5 Å². The van der Waals surface area contributed by atoms with Gasteiger partial charge in [-0.05, 0) is 12.3 Å². The lowest BCUT2D eigenvalue weighted by atomic mass is 10.1. The van der Waals surface area contributed by atoms with Crippen LogP contribution in [0.4, 0.5) is 0 Å². The normalized spacial score (nSPS) is 13.1. The lowest BCUT2D eigenvalue weighted by Gasteiger charge is -2.16. The first kappa shape index (κ1) is 13.4. The van der Waals surface area contributed by atoms with Gasteiger partial charge in [-0.25, -0.2) is 4.79 Å². The highest BCUT2D eigenvalue weighted by Gasteiger charge is 2.21. The Kier molecular flexibility index (Phi) is 7.48. The third kappa shape index (κ3) is 5.97. The van der Waals surface area contributed by atoms with Gasteiger partial charge in [0.2, 0.25) is 0 Å². The molecule has 0 aliphatic rings. The molecule has 0 aliphatic carbocycles. The SMILES string of the molecule is CCCCCCOC(C(=O)O)C(C)C. The van der Waals surface area contributed by atoms with Crippen molar-refractivity contribution in [2.75, 3.05) is 6.61 Å². The number of carboxylic acids is 1. The van der Waals surface area contributed by atoms with E-state index < -0.39 is 12.1 Å². The van der Waals surface area contributed by atoms with Crippen LogP contribution in [0, 0.1) is 5.92 Å². The number of rotatable bonds is 8. The molecular formula is C11H22O3. The average Bonchev–Trinajstić information content (AvgIpc) is 2.09. The third-order valence-electron chi connectivity index (χ3n) is 2.14. The smallest absolute Gasteiger partial charge is 0.333 e. The minimum absolute atomic E-state index is 0.0404. The molecule has 84 valence electrons. The summed E-state index contributed by atoms with van der Waals surface area (Å²) in [6.45, 7) is 6.44. The Morgan fingerprint density at radius 1 is 1.29 bits per heavy atom. The summed E-state index contributed by atoms with van der Waals surface area (Å²) in [6, 6.07) is 0. The van der Waals surface area contributed by atoms with Crippen LogP contribution >= 0.6 is 0 Å². The summed E-state index contributed by atoms with van der Waals surface area (Å²) >= 11 is 0. The standard InChI is InChI=1S/C11H22O3/c1-4-5-6-7-8-14-10(9(2)3)11(12)13/h9-10H,4-8H2,1-3H3,(H,12,13). The van der Waals surface area contributed by atoms with Gasteiger partial charge in [-0.3, -0.25) is 0 Å². The lowest BCUT2D eigenvalue weighted by Crippen LogP contribution is -2.29. The second-order valence-corrected chi connectivity index (χ2v) is 3.93. The van der Waals surface area contributed by atoms with Gasteiger partial charge in [-0.1, -0.05) is 40.0 Å². The van der Waals surface area contributed by atoms with Gasteiger partial charge in [0, 0.05) is 6.61 Å². The quantitative estimate of drug-likeness (QED) is 0.615. The van der Waals surface area contributed by atoms with Crippen LogP contribution in [0.25, 0.3) is 0 Å². The second-order valence-electron chi connectivity index (χ2n) is 3.93. The number of carboxylic acid groups (broad SMARTS) is 1. The fourth-order valence-corrected chi connectivity index (χ4v) is 1.29. The molecule has 0 bridgehead atoms. The van der Waals surface area contributed by atoms with Crippen molar-refractivity contribution >= 4 is 5.97 Å². The number of aliphatic carboxylic acids is 1. The highest BCUT2D eigenvalue weighted by atomic mass is 16.5. The first-order valence-corrected chi connectivity index (χ1v) is 5.44. The van der Waals surface area contributed by atoms with E-state index in [1.54, 1.807) is 0 Å². The molecule has 3 heteroatoms. The maximum absolute atomic E-state index is 10.7. The number of hydrogen-bond acceptors (Lipinski definition) is 2. The Morgan fingerprint density at radius 3 is 2.36 bits per heavy atom. The molecule has 14 heavy (non-hydrogen) atoms. The van der Waals surface area contributed by atoms with Crippen molar-refractivity contribution in [3.05, 3.63) is 0 Å².